The fraction of sp³-hybridized carbons (Fsp3) is 1.00. The fourth-order valence-electron chi connectivity index (χ4n) is 2.78. The highest BCUT2D eigenvalue weighted by molar-refractivity contribution is 4.93. The van der Waals surface area contributed by atoms with Crippen LogP contribution in [0.4, 0.5) is 0 Å². The lowest BCUT2D eigenvalue weighted by Gasteiger charge is -2.32. The first kappa shape index (κ1) is 10.4. The number of rotatable bonds is 3. The normalized spacial score (nSPS) is 36.4. The summed E-state index contributed by atoms with van der Waals surface area (Å²) in [6.07, 6.45) is 6.90. The summed E-state index contributed by atoms with van der Waals surface area (Å²) in [5, 5.41) is 7.26. The van der Waals surface area contributed by atoms with Gasteiger partial charge in [-0.2, -0.15) is 0 Å². The summed E-state index contributed by atoms with van der Waals surface area (Å²) < 4.78 is 0. The molecule has 2 fully saturated rings. The fourth-order valence-corrected chi connectivity index (χ4v) is 2.78. The molecular weight excluding hydrogens is 172 g/mol. The molecule has 1 saturated heterocycles. The quantitative estimate of drug-likeness (QED) is 0.720. The van der Waals surface area contributed by atoms with Crippen LogP contribution < -0.4 is 10.6 Å². The molecule has 0 aromatic heterocycles. The zero-order valence-electron chi connectivity index (χ0n) is 9.66. The molecule has 0 bridgehead atoms. The van der Waals surface area contributed by atoms with Crippen LogP contribution in [0, 0.1) is 5.41 Å². The Bertz CT molecular complexity index is 166. The Morgan fingerprint density at radius 2 is 1.86 bits per heavy atom. The standard InChI is InChI=1S/C12H24N2/c1-11(7-8-13-9-11)10-14-12(2)5-3-4-6-12/h13-14H,3-10H2,1-2H3. The average molecular weight is 196 g/mol. The molecule has 2 nitrogen and oxygen atoms in total. The number of hydrogen-bond donors (Lipinski definition) is 2. The van der Waals surface area contributed by atoms with Crippen LogP contribution in [0.15, 0.2) is 0 Å². The van der Waals surface area contributed by atoms with Gasteiger partial charge in [0.1, 0.15) is 0 Å². The lowest BCUT2D eigenvalue weighted by atomic mass is 9.88. The maximum absolute atomic E-state index is 3.80. The Labute approximate surface area is 87.8 Å². The number of hydrogen-bond acceptors (Lipinski definition) is 2. The van der Waals surface area contributed by atoms with Gasteiger partial charge < -0.3 is 10.6 Å². The van der Waals surface area contributed by atoms with E-state index < -0.39 is 0 Å². The molecule has 0 radical (unpaired) electrons. The van der Waals surface area contributed by atoms with Crippen molar-refractivity contribution in [3.05, 3.63) is 0 Å². The molecule has 0 amide bonds. The van der Waals surface area contributed by atoms with Crippen LogP contribution in [0.1, 0.15) is 46.0 Å². The van der Waals surface area contributed by atoms with E-state index in [2.05, 4.69) is 24.5 Å². The molecular formula is C12H24N2. The second-order valence-corrected chi connectivity index (χ2v) is 5.86. The maximum Gasteiger partial charge on any atom is 0.0153 e. The minimum Gasteiger partial charge on any atom is -0.316 e. The third kappa shape index (κ3) is 2.29. The van der Waals surface area contributed by atoms with E-state index in [0.717, 1.165) is 0 Å². The van der Waals surface area contributed by atoms with Crippen molar-refractivity contribution >= 4 is 0 Å². The van der Waals surface area contributed by atoms with Gasteiger partial charge in [0.05, 0.1) is 0 Å². The second kappa shape index (κ2) is 3.82. The lowest BCUT2D eigenvalue weighted by Crippen LogP contribution is -2.45. The monoisotopic (exact) mass is 196 g/mol. The smallest absolute Gasteiger partial charge is 0.0153 e. The summed E-state index contributed by atoms with van der Waals surface area (Å²) in [5.74, 6) is 0. The van der Waals surface area contributed by atoms with Gasteiger partial charge in [0.2, 0.25) is 0 Å². The Morgan fingerprint density at radius 3 is 2.43 bits per heavy atom. The Hall–Kier alpha value is -0.0800. The molecule has 1 heterocycles. The summed E-state index contributed by atoms with van der Waals surface area (Å²) in [6.45, 7) is 8.38. The zero-order chi connectivity index (χ0) is 10.1. The molecule has 0 aromatic rings. The predicted molar refractivity (Wildman–Crippen MR) is 60.5 cm³/mol. The van der Waals surface area contributed by atoms with Crippen molar-refractivity contribution in [3.8, 4) is 0 Å². The molecule has 2 aliphatic rings. The van der Waals surface area contributed by atoms with E-state index in [1.54, 1.807) is 0 Å². The van der Waals surface area contributed by atoms with Gasteiger partial charge in [-0.15, -0.1) is 0 Å². The summed E-state index contributed by atoms with van der Waals surface area (Å²) in [7, 11) is 0. The Balaban J connectivity index is 1.80. The van der Waals surface area contributed by atoms with Gasteiger partial charge in [-0.25, -0.2) is 0 Å². The van der Waals surface area contributed by atoms with E-state index in [0.29, 0.717) is 11.0 Å². The van der Waals surface area contributed by atoms with Crippen LogP contribution >= 0.6 is 0 Å². The first-order chi connectivity index (χ1) is 6.62. The van der Waals surface area contributed by atoms with Gasteiger partial charge in [-0.3, -0.25) is 0 Å². The van der Waals surface area contributed by atoms with Crippen molar-refractivity contribution in [2.24, 2.45) is 5.41 Å². The number of nitrogens with one attached hydrogen (secondary N) is 2. The van der Waals surface area contributed by atoms with E-state index in [9.17, 15) is 0 Å². The van der Waals surface area contributed by atoms with Gasteiger partial charge in [0.15, 0.2) is 0 Å². The van der Waals surface area contributed by atoms with Crippen LogP contribution in [-0.4, -0.2) is 25.2 Å². The minimum atomic E-state index is 0.450. The summed E-state index contributed by atoms with van der Waals surface area (Å²) >= 11 is 0. The highest BCUT2D eigenvalue weighted by Crippen LogP contribution is 2.31. The molecule has 1 atom stereocenters. The van der Waals surface area contributed by atoms with Gasteiger partial charge in [-0.1, -0.05) is 19.8 Å². The van der Waals surface area contributed by atoms with Gasteiger partial charge in [-0.05, 0) is 38.1 Å². The van der Waals surface area contributed by atoms with Crippen LogP contribution in [-0.2, 0) is 0 Å². The van der Waals surface area contributed by atoms with Gasteiger partial charge >= 0.3 is 0 Å². The first-order valence-corrected chi connectivity index (χ1v) is 6.08. The Morgan fingerprint density at radius 1 is 1.14 bits per heavy atom. The summed E-state index contributed by atoms with van der Waals surface area (Å²) in [4.78, 5) is 0. The van der Waals surface area contributed by atoms with Crippen LogP contribution in [0.2, 0.25) is 0 Å². The highest BCUT2D eigenvalue weighted by atomic mass is 15.0. The van der Waals surface area contributed by atoms with Crippen molar-refractivity contribution in [1.82, 2.24) is 10.6 Å². The molecule has 0 spiro atoms. The third-order valence-corrected chi connectivity index (χ3v) is 4.11. The maximum atomic E-state index is 3.80. The third-order valence-electron chi connectivity index (χ3n) is 4.11. The van der Waals surface area contributed by atoms with E-state index in [1.807, 2.05) is 0 Å². The molecule has 0 aromatic carbocycles. The zero-order valence-corrected chi connectivity index (χ0v) is 9.66. The van der Waals surface area contributed by atoms with Crippen molar-refractivity contribution in [3.63, 3.8) is 0 Å². The summed E-state index contributed by atoms with van der Waals surface area (Å²) in [6, 6.07) is 0. The molecule has 82 valence electrons. The second-order valence-electron chi connectivity index (χ2n) is 5.86. The van der Waals surface area contributed by atoms with E-state index in [1.165, 1.54) is 51.7 Å². The molecule has 1 aliphatic carbocycles. The summed E-state index contributed by atoms with van der Waals surface area (Å²) in [5.41, 5.74) is 0.956. The Kier molecular flexibility index (Phi) is 2.85. The molecule has 1 saturated carbocycles. The molecule has 2 heteroatoms. The van der Waals surface area contributed by atoms with Crippen molar-refractivity contribution < 1.29 is 0 Å². The van der Waals surface area contributed by atoms with Crippen molar-refractivity contribution in [2.75, 3.05) is 19.6 Å². The van der Waals surface area contributed by atoms with Gasteiger partial charge in [0.25, 0.3) is 0 Å². The van der Waals surface area contributed by atoms with Crippen LogP contribution in [0.3, 0.4) is 0 Å². The molecule has 1 aliphatic heterocycles. The van der Waals surface area contributed by atoms with Crippen molar-refractivity contribution in [2.45, 2.75) is 51.5 Å². The van der Waals surface area contributed by atoms with Crippen LogP contribution in [0.25, 0.3) is 0 Å². The molecule has 14 heavy (non-hydrogen) atoms. The predicted octanol–water partition coefficient (Wildman–Crippen LogP) is 1.91. The SMILES string of the molecule is CC1(CNC2(C)CCCC2)CCNC1. The lowest BCUT2D eigenvalue weighted by molar-refractivity contribution is 0.268. The topological polar surface area (TPSA) is 24.1 Å². The first-order valence-electron chi connectivity index (χ1n) is 6.08. The average Bonchev–Trinajstić information content (AvgIpc) is 2.74. The molecule has 2 N–H and O–H groups in total. The van der Waals surface area contributed by atoms with Crippen LogP contribution in [0.5, 0.6) is 0 Å². The largest absolute Gasteiger partial charge is 0.316 e. The van der Waals surface area contributed by atoms with E-state index in [-0.39, 0.29) is 0 Å². The van der Waals surface area contributed by atoms with E-state index >= 15 is 0 Å². The van der Waals surface area contributed by atoms with Crippen molar-refractivity contribution in [1.29, 1.82) is 0 Å². The minimum absolute atomic E-state index is 0.450. The van der Waals surface area contributed by atoms with E-state index in [4.69, 9.17) is 0 Å². The molecule has 2 rings (SSSR count). The highest BCUT2D eigenvalue weighted by Gasteiger charge is 2.33. The molecule has 1 unspecified atom stereocenters. The van der Waals surface area contributed by atoms with Gasteiger partial charge in [0, 0.05) is 18.6 Å².